The van der Waals surface area contributed by atoms with Crippen molar-refractivity contribution in [1.29, 1.82) is 0 Å². The second-order valence-electron chi connectivity index (χ2n) is 5.13. The van der Waals surface area contributed by atoms with Gasteiger partial charge in [-0.05, 0) is 23.5 Å². The summed E-state index contributed by atoms with van der Waals surface area (Å²) in [5.74, 6) is 0. The second-order valence-corrected chi connectivity index (χ2v) is 6.04. The van der Waals surface area contributed by atoms with E-state index in [2.05, 4.69) is 38.0 Å². The maximum Gasteiger partial charge on any atom is 0.0160 e. The van der Waals surface area contributed by atoms with Gasteiger partial charge in [0, 0.05) is 32.5 Å². The third-order valence-electron chi connectivity index (χ3n) is 3.37. The van der Waals surface area contributed by atoms with E-state index >= 15 is 0 Å². The molecule has 0 atom stereocenters. The van der Waals surface area contributed by atoms with Crippen LogP contribution in [0.25, 0.3) is 22.5 Å². The molecule has 4 aromatic rings. The van der Waals surface area contributed by atoms with E-state index in [1.165, 1.54) is 0 Å². The standard InChI is InChI=1S/C11H7BrN.C11H8N.Ir/c12-10-6-4-9(5-7-10)11-3-1-2-8-13-11;1-2-6-10(7-3-1)11-8-4-5-9-12-11;/h1-4,6-8H;1-6,8-9H;/q2*-1;. The summed E-state index contributed by atoms with van der Waals surface area (Å²) in [6.45, 7) is 0. The van der Waals surface area contributed by atoms with Crippen molar-refractivity contribution in [2.24, 2.45) is 0 Å². The van der Waals surface area contributed by atoms with Gasteiger partial charge >= 0.3 is 0 Å². The Kier molecular flexibility index (Phi) is 8.36. The minimum absolute atomic E-state index is 0. The first kappa shape index (κ1) is 20.2. The van der Waals surface area contributed by atoms with Crippen LogP contribution in [-0.2, 0) is 20.1 Å². The first-order chi connectivity index (χ1) is 12.3. The van der Waals surface area contributed by atoms with E-state index in [0.29, 0.717) is 0 Å². The zero-order valence-corrected chi connectivity index (χ0v) is 17.7. The van der Waals surface area contributed by atoms with Crippen molar-refractivity contribution < 1.29 is 20.1 Å². The summed E-state index contributed by atoms with van der Waals surface area (Å²) in [6.07, 6.45) is 3.57. The van der Waals surface area contributed by atoms with Crippen molar-refractivity contribution in [2.45, 2.75) is 0 Å². The molecule has 0 N–H and O–H groups in total. The SMILES string of the molecule is Brc1c[c-]c(-c2ccccn2)cc1.[Ir].[c-]1ccccc1-c1ccccn1. The molecular weight excluding hydrogens is 564 g/mol. The van der Waals surface area contributed by atoms with E-state index in [4.69, 9.17) is 0 Å². The molecule has 0 aliphatic carbocycles. The third kappa shape index (κ3) is 5.99. The first-order valence-corrected chi connectivity index (χ1v) is 8.59. The molecule has 0 aliphatic rings. The molecule has 2 nitrogen and oxygen atoms in total. The van der Waals surface area contributed by atoms with E-state index in [-0.39, 0.29) is 20.1 Å². The summed E-state index contributed by atoms with van der Waals surface area (Å²) in [4.78, 5) is 8.45. The summed E-state index contributed by atoms with van der Waals surface area (Å²) < 4.78 is 1.03. The van der Waals surface area contributed by atoms with Crippen molar-refractivity contribution in [3.63, 3.8) is 0 Å². The van der Waals surface area contributed by atoms with Gasteiger partial charge in [-0.3, -0.25) is 0 Å². The molecule has 0 fully saturated rings. The molecule has 0 unspecified atom stereocenters. The normalized spacial score (nSPS) is 9.42. The smallest absolute Gasteiger partial charge is 0.0160 e. The van der Waals surface area contributed by atoms with Crippen LogP contribution in [0, 0.1) is 12.1 Å². The monoisotopic (exact) mass is 579 g/mol. The van der Waals surface area contributed by atoms with Crippen LogP contribution in [0.3, 0.4) is 0 Å². The van der Waals surface area contributed by atoms with E-state index in [9.17, 15) is 0 Å². The Morgan fingerprint density at radius 2 is 1.27 bits per heavy atom. The molecule has 0 spiro atoms. The van der Waals surface area contributed by atoms with E-state index in [1.54, 1.807) is 12.4 Å². The van der Waals surface area contributed by atoms with Gasteiger partial charge in [0.1, 0.15) is 0 Å². The van der Waals surface area contributed by atoms with Gasteiger partial charge in [-0.25, -0.2) is 0 Å². The average Bonchev–Trinajstić information content (AvgIpc) is 2.71. The van der Waals surface area contributed by atoms with Crippen molar-refractivity contribution in [3.05, 3.63) is 108 Å². The van der Waals surface area contributed by atoms with E-state index < -0.39 is 0 Å². The largest absolute Gasteiger partial charge is 0.305 e. The van der Waals surface area contributed by atoms with E-state index in [1.807, 2.05) is 78.9 Å². The molecule has 0 saturated carbocycles. The van der Waals surface area contributed by atoms with Crippen LogP contribution < -0.4 is 0 Å². The first-order valence-electron chi connectivity index (χ1n) is 7.80. The van der Waals surface area contributed by atoms with Crippen molar-refractivity contribution in [1.82, 2.24) is 9.97 Å². The molecule has 4 rings (SSSR count). The summed E-state index contributed by atoms with van der Waals surface area (Å²) in [5, 5.41) is 0. The zero-order chi connectivity index (χ0) is 17.3. The number of pyridine rings is 2. The molecule has 4 heteroatoms. The predicted octanol–water partition coefficient (Wildman–Crippen LogP) is 5.86. The van der Waals surface area contributed by atoms with E-state index in [0.717, 1.165) is 27.0 Å². The van der Waals surface area contributed by atoms with Crippen molar-refractivity contribution in [3.8, 4) is 22.5 Å². The predicted molar refractivity (Wildman–Crippen MR) is 105 cm³/mol. The van der Waals surface area contributed by atoms with Gasteiger partial charge in [-0.2, -0.15) is 0 Å². The number of benzene rings is 2. The topological polar surface area (TPSA) is 25.8 Å². The van der Waals surface area contributed by atoms with Crippen LogP contribution in [0.5, 0.6) is 0 Å². The number of halogens is 1. The Bertz CT molecular complexity index is 846. The second kappa shape index (κ2) is 10.8. The maximum absolute atomic E-state index is 4.23. The van der Waals surface area contributed by atoms with Gasteiger partial charge in [-0.15, -0.1) is 81.7 Å². The van der Waals surface area contributed by atoms with Gasteiger partial charge in [0.25, 0.3) is 0 Å². The van der Waals surface area contributed by atoms with Gasteiger partial charge in [0.2, 0.25) is 0 Å². The Morgan fingerprint density at radius 1 is 0.654 bits per heavy atom. The maximum atomic E-state index is 4.23. The molecule has 26 heavy (non-hydrogen) atoms. The quantitative estimate of drug-likeness (QED) is 0.278. The van der Waals surface area contributed by atoms with Crippen LogP contribution in [0.4, 0.5) is 0 Å². The fraction of sp³-hybridized carbons (Fsp3) is 0. The van der Waals surface area contributed by atoms with Gasteiger partial charge in [0.05, 0.1) is 0 Å². The summed E-state index contributed by atoms with van der Waals surface area (Å²) in [5.41, 5.74) is 3.98. The Labute approximate surface area is 175 Å². The Balaban J connectivity index is 0.000000180. The Morgan fingerprint density at radius 3 is 1.73 bits per heavy atom. The minimum Gasteiger partial charge on any atom is -0.305 e. The third-order valence-corrected chi connectivity index (χ3v) is 3.86. The van der Waals surface area contributed by atoms with Crippen LogP contribution in [0.2, 0.25) is 0 Å². The number of nitrogens with zero attached hydrogens (tertiary/aromatic N) is 2. The van der Waals surface area contributed by atoms with Gasteiger partial charge in [-0.1, -0.05) is 28.7 Å². The number of hydrogen-bond donors (Lipinski definition) is 0. The summed E-state index contributed by atoms with van der Waals surface area (Å²) in [6, 6.07) is 31.7. The van der Waals surface area contributed by atoms with Crippen molar-refractivity contribution >= 4 is 15.9 Å². The molecule has 0 saturated heterocycles. The van der Waals surface area contributed by atoms with Crippen LogP contribution in [0.1, 0.15) is 0 Å². The molecule has 0 aliphatic heterocycles. The summed E-state index contributed by atoms with van der Waals surface area (Å²) >= 11 is 3.37. The van der Waals surface area contributed by atoms with Gasteiger partial charge < -0.3 is 9.97 Å². The van der Waals surface area contributed by atoms with Gasteiger partial charge in [0.15, 0.2) is 0 Å². The zero-order valence-electron chi connectivity index (χ0n) is 13.8. The fourth-order valence-electron chi connectivity index (χ4n) is 2.16. The number of aromatic nitrogens is 2. The molecule has 2 aromatic heterocycles. The molecule has 0 bridgehead atoms. The number of rotatable bonds is 2. The van der Waals surface area contributed by atoms with Crippen molar-refractivity contribution in [2.75, 3.05) is 0 Å². The molecule has 131 valence electrons. The van der Waals surface area contributed by atoms with Crippen LogP contribution >= 0.6 is 15.9 Å². The molecule has 2 aromatic carbocycles. The van der Waals surface area contributed by atoms with Crippen LogP contribution in [0.15, 0.2) is 95.7 Å². The molecule has 1 radical (unpaired) electrons. The minimum atomic E-state index is 0. The Hall–Kier alpha value is -2.13. The fourth-order valence-corrected chi connectivity index (χ4v) is 2.41. The average molecular weight is 579 g/mol. The molecular formula is C22H15BrIrN2-2. The molecule has 0 amide bonds. The molecule has 2 heterocycles. The summed E-state index contributed by atoms with van der Waals surface area (Å²) in [7, 11) is 0. The number of hydrogen-bond acceptors (Lipinski definition) is 2. The van der Waals surface area contributed by atoms with Crippen LogP contribution in [-0.4, -0.2) is 9.97 Å².